The molecule has 2 aromatic rings. The molecule has 1 atom stereocenters. The van der Waals surface area contributed by atoms with Crippen molar-refractivity contribution in [3.63, 3.8) is 0 Å². The summed E-state index contributed by atoms with van der Waals surface area (Å²) in [6, 6.07) is 11.3. The Morgan fingerprint density at radius 1 is 1.24 bits per heavy atom. The summed E-state index contributed by atoms with van der Waals surface area (Å²) in [5.41, 5.74) is 0.838. The van der Waals surface area contributed by atoms with E-state index in [1.54, 1.807) is 43.3 Å². The van der Waals surface area contributed by atoms with Crippen molar-refractivity contribution in [2.24, 2.45) is 5.16 Å². The maximum atomic E-state index is 13.4. The molecule has 0 unspecified atom stereocenters. The minimum Gasteiger partial charge on any atom is -0.486 e. The zero-order valence-electron chi connectivity index (χ0n) is 13.6. The van der Waals surface area contributed by atoms with Gasteiger partial charge in [0.25, 0.3) is 5.91 Å². The Bertz CT molecular complexity index is 794. The highest BCUT2D eigenvalue weighted by Gasteiger charge is 2.17. The lowest BCUT2D eigenvalue weighted by atomic mass is 10.2. The van der Waals surface area contributed by atoms with Gasteiger partial charge in [0.1, 0.15) is 19.0 Å². The van der Waals surface area contributed by atoms with E-state index in [0.29, 0.717) is 30.4 Å². The average molecular weight is 344 g/mol. The normalized spacial score (nSPS) is 14.2. The molecule has 0 saturated heterocycles. The van der Waals surface area contributed by atoms with Crippen molar-refractivity contribution in [1.82, 2.24) is 0 Å². The Kier molecular flexibility index (Phi) is 5.13. The van der Waals surface area contributed by atoms with Gasteiger partial charge in [-0.05, 0) is 25.1 Å². The van der Waals surface area contributed by atoms with Gasteiger partial charge < -0.3 is 19.6 Å². The molecule has 25 heavy (non-hydrogen) atoms. The van der Waals surface area contributed by atoms with E-state index in [4.69, 9.17) is 14.3 Å². The summed E-state index contributed by atoms with van der Waals surface area (Å²) < 4.78 is 24.3. The van der Waals surface area contributed by atoms with Crippen LogP contribution in [0.2, 0.25) is 0 Å². The lowest BCUT2D eigenvalue weighted by molar-refractivity contribution is -0.126. The zero-order chi connectivity index (χ0) is 17.6. The third kappa shape index (κ3) is 4.26. The second-order valence-corrected chi connectivity index (χ2v) is 5.35. The van der Waals surface area contributed by atoms with Crippen molar-refractivity contribution in [3.8, 4) is 11.5 Å². The predicted molar refractivity (Wildman–Crippen MR) is 90.6 cm³/mol. The van der Waals surface area contributed by atoms with Gasteiger partial charge in [-0.1, -0.05) is 23.4 Å². The number of hydrogen-bond acceptors (Lipinski definition) is 5. The Balaban J connectivity index is 1.56. The first-order valence-electron chi connectivity index (χ1n) is 7.78. The Morgan fingerprint density at radius 2 is 2.00 bits per heavy atom. The first-order chi connectivity index (χ1) is 12.1. The van der Waals surface area contributed by atoms with E-state index in [1.165, 1.54) is 12.3 Å². The highest BCUT2D eigenvalue weighted by molar-refractivity contribution is 5.94. The molecule has 3 rings (SSSR count). The Hall–Kier alpha value is -3.09. The summed E-state index contributed by atoms with van der Waals surface area (Å²) in [7, 11) is 0. The summed E-state index contributed by atoms with van der Waals surface area (Å²) in [5, 5.41) is 6.37. The number of benzene rings is 2. The van der Waals surface area contributed by atoms with Gasteiger partial charge in [0.05, 0.1) is 6.21 Å². The number of anilines is 1. The van der Waals surface area contributed by atoms with Crippen LogP contribution in [0.15, 0.2) is 47.6 Å². The van der Waals surface area contributed by atoms with Crippen molar-refractivity contribution >= 4 is 17.8 Å². The zero-order valence-corrected chi connectivity index (χ0v) is 13.6. The minimum absolute atomic E-state index is 0.280. The predicted octanol–water partition coefficient (Wildman–Crippen LogP) is 2.97. The van der Waals surface area contributed by atoms with Gasteiger partial charge in [-0.2, -0.15) is 0 Å². The number of oxime groups is 1. The fraction of sp³-hybridized carbons (Fsp3) is 0.222. The van der Waals surface area contributed by atoms with Crippen LogP contribution in [0, 0.1) is 5.82 Å². The van der Waals surface area contributed by atoms with Crippen molar-refractivity contribution in [2.45, 2.75) is 13.0 Å². The van der Waals surface area contributed by atoms with Gasteiger partial charge >= 0.3 is 0 Å². The molecule has 0 aromatic heterocycles. The number of halogens is 1. The fourth-order valence-electron chi connectivity index (χ4n) is 2.17. The van der Waals surface area contributed by atoms with E-state index >= 15 is 0 Å². The maximum absolute atomic E-state index is 13.4. The third-order valence-corrected chi connectivity index (χ3v) is 3.49. The molecule has 130 valence electrons. The lowest BCUT2D eigenvalue weighted by Crippen LogP contribution is -2.26. The van der Waals surface area contributed by atoms with E-state index in [0.717, 1.165) is 0 Å². The van der Waals surface area contributed by atoms with Gasteiger partial charge in [-0.3, -0.25) is 4.79 Å². The molecule has 0 aliphatic carbocycles. The highest BCUT2D eigenvalue weighted by atomic mass is 19.1. The second-order valence-electron chi connectivity index (χ2n) is 5.35. The maximum Gasteiger partial charge on any atom is 0.267 e. The van der Waals surface area contributed by atoms with E-state index in [1.807, 2.05) is 0 Å². The average Bonchev–Trinajstić information content (AvgIpc) is 2.63. The molecule has 6 nitrogen and oxygen atoms in total. The number of fused-ring (bicyclic) bond motifs is 1. The van der Waals surface area contributed by atoms with Gasteiger partial charge in [0.15, 0.2) is 11.5 Å². The number of hydrogen-bond donors (Lipinski definition) is 1. The smallest absolute Gasteiger partial charge is 0.267 e. The van der Waals surface area contributed by atoms with Crippen molar-refractivity contribution in [2.75, 3.05) is 18.5 Å². The molecule has 2 aromatic carbocycles. The number of rotatable bonds is 5. The van der Waals surface area contributed by atoms with Crippen molar-refractivity contribution < 1.29 is 23.5 Å². The minimum atomic E-state index is -0.851. The van der Waals surface area contributed by atoms with Crippen LogP contribution >= 0.6 is 0 Å². The molecule has 1 aliphatic heterocycles. The van der Waals surface area contributed by atoms with Crippen LogP contribution in [0.25, 0.3) is 0 Å². The van der Waals surface area contributed by atoms with Crippen LogP contribution in [0.1, 0.15) is 12.5 Å². The molecule has 7 heteroatoms. The fourth-order valence-corrected chi connectivity index (χ4v) is 2.17. The lowest BCUT2D eigenvalue weighted by Gasteiger charge is -2.19. The van der Waals surface area contributed by atoms with Crippen LogP contribution in [0.5, 0.6) is 11.5 Å². The third-order valence-electron chi connectivity index (χ3n) is 3.49. The van der Waals surface area contributed by atoms with Crippen LogP contribution in [-0.4, -0.2) is 31.4 Å². The first kappa shape index (κ1) is 16.8. The van der Waals surface area contributed by atoms with Gasteiger partial charge in [-0.25, -0.2) is 4.39 Å². The largest absolute Gasteiger partial charge is 0.486 e. The molecule has 0 saturated carbocycles. The summed E-state index contributed by atoms with van der Waals surface area (Å²) in [5.74, 6) is 0.420. The number of nitrogens with one attached hydrogen (secondary N) is 1. The van der Waals surface area contributed by atoms with Gasteiger partial charge in [0, 0.05) is 17.3 Å². The molecule has 1 aliphatic rings. The quantitative estimate of drug-likeness (QED) is 0.669. The van der Waals surface area contributed by atoms with Crippen LogP contribution in [0.4, 0.5) is 10.1 Å². The molecule has 0 radical (unpaired) electrons. The Labute approximate surface area is 144 Å². The summed E-state index contributed by atoms with van der Waals surface area (Å²) >= 11 is 0. The van der Waals surface area contributed by atoms with E-state index in [9.17, 15) is 9.18 Å². The molecule has 1 heterocycles. The van der Waals surface area contributed by atoms with E-state index in [-0.39, 0.29) is 11.5 Å². The van der Waals surface area contributed by atoms with Gasteiger partial charge in [-0.15, -0.1) is 0 Å². The molecular weight excluding hydrogens is 327 g/mol. The Morgan fingerprint density at radius 3 is 2.80 bits per heavy atom. The summed E-state index contributed by atoms with van der Waals surface area (Å²) in [6.45, 7) is 2.52. The summed E-state index contributed by atoms with van der Waals surface area (Å²) in [4.78, 5) is 17.2. The van der Waals surface area contributed by atoms with E-state index < -0.39 is 11.9 Å². The first-order valence-corrected chi connectivity index (χ1v) is 7.78. The highest BCUT2D eigenvalue weighted by Crippen LogP contribution is 2.32. The van der Waals surface area contributed by atoms with Crippen LogP contribution in [-0.2, 0) is 9.63 Å². The number of nitrogens with zero attached hydrogens (tertiary/aromatic N) is 1. The molecule has 1 N–H and O–H groups in total. The molecule has 0 fully saturated rings. The standard InChI is InChI=1S/C18H17FN2O4/c1-12(25-20-11-13-4-2-3-5-15(13)19)18(22)21-14-6-7-16-17(10-14)24-9-8-23-16/h2-7,10-12H,8-9H2,1H3,(H,21,22)/b20-11-/t12-/m0/s1. The molecular formula is C18H17FN2O4. The monoisotopic (exact) mass is 344 g/mol. The second kappa shape index (κ2) is 7.65. The van der Waals surface area contributed by atoms with Crippen molar-refractivity contribution in [3.05, 3.63) is 53.8 Å². The van der Waals surface area contributed by atoms with E-state index in [2.05, 4.69) is 10.5 Å². The topological polar surface area (TPSA) is 69.2 Å². The van der Waals surface area contributed by atoms with Gasteiger partial charge in [0.2, 0.25) is 6.10 Å². The molecule has 1 amide bonds. The summed E-state index contributed by atoms with van der Waals surface area (Å²) in [6.07, 6.45) is 0.375. The number of carbonyl (C=O) groups excluding carboxylic acids is 1. The number of carbonyl (C=O) groups is 1. The van der Waals surface area contributed by atoms with Crippen LogP contribution < -0.4 is 14.8 Å². The van der Waals surface area contributed by atoms with Crippen molar-refractivity contribution in [1.29, 1.82) is 0 Å². The number of amides is 1. The SMILES string of the molecule is C[C@H](O/N=C\c1ccccc1F)C(=O)Nc1ccc2c(c1)OCCO2. The number of ether oxygens (including phenoxy) is 2. The molecule has 0 bridgehead atoms. The van der Waals surface area contributed by atoms with Crippen LogP contribution in [0.3, 0.4) is 0 Å². The molecule has 0 spiro atoms.